The van der Waals surface area contributed by atoms with Crippen LogP contribution < -0.4 is 0 Å². The highest BCUT2D eigenvalue weighted by Gasteiger charge is 2.23. The Morgan fingerprint density at radius 2 is 2.23 bits per heavy atom. The first kappa shape index (κ1) is 14.5. The van der Waals surface area contributed by atoms with E-state index in [9.17, 15) is 4.79 Å². The molecule has 22 heavy (non-hydrogen) atoms. The molecule has 1 amide bonds. The topological polar surface area (TPSA) is 75.0 Å². The van der Waals surface area contributed by atoms with E-state index in [0.29, 0.717) is 11.4 Å². The summed E-state index contributed by atoms with van der Waals surface area (Å²) in [6.45, 7) is 3.94. The van der Waals surface area contributed by atoms with Gasteiger partial charge in [0.1, 0.15) is 12.0 Å². The molecule has 7 heteroatoms. The molecular formula is C15H16N4O2S. The lowest BCUT2D eigenvalue weighted by atomic mass is 10.2. The number of rotatable bonds is 4. The number of hydrogen-bond acceptors (Lipinski definition) is 5. The average Bonchev–Trinajstić information content (AvgIpc) is 3.24. The second-order valence-electron chi connectivity index (χ2n) is 5.09. The maximum Gasteiger partial charge on any atom is 0.274 e. The van der Waals surface area contributed by atoms with Crippen molar-refractivity contribution in [3.05, 3.63) is 46.8 Å². The number of nitrogens with one attached hydrogen (secondary N) is 1. The van der Waals surface area contributed by atoms with Crippen LogP contribution in [0.25, 0.3) is 10.6 Å². The van der Waals surface area contributed by atoms with Gasteiger partial charge in [-0.25, -0.2) is 0 Å². The van der Waals surface area contributed by atoms with Crippen molar-refractivity contribution < 1.29 is 9.32 Å². The molecule has 0 fully saturated rings. The van der Waals surface area contributed by atoms with Crippen LogP contribution >= 0.6 is 11.3 Å². The largest absolute Gasteiger partial charge is 0.364 e. The van der Waals surface area contributed by atoms with E-state index in [4.69, 9.17) is 4.52 Å². The minimum absolute atomic E-state index is 0.161. The van der Waals surface area contributed by atoms with Gasteiger partial charge in [0.05, 0.1) is 16.6 Å². The average molecular weight is 316 g/mol. The Bertz CT molecular complexity index is 775. The maximum absolute atomic E-state index is 12.5. The lowest BCUT2D eigenvalue weighted by Gasteiger charge is -2.21. The summed E-state index contributed by atoms with van der Waals surface area (Å²) in [5.41, 5.74) is 1.95. The summed E-state index contributed by atoms with van der Waals surface area (Å²) in [4.78, 5) is 16.4. The van der Waals surface area contributed by atoms with Crippen LogP contribution in [0.4, 0.5) is 0 Å². The number of hydrogen-bond donors (Lipinski definition) is 1. The number of H-pyrrole nitrogens is 1. The third-order valence-electron chi connectivity index (χ3n) is 3.59. The predicted molar refractivity (Wildman–Crippen MR) is 83.6 cm³/mol. The van der Waals surface area contributed by atoms with Crippen molar-refractivity contribution in [2.24, 2.45) is 0 Å². The normalized spacial score (nSPS) is 12.3. The maximum atomic E-state index is 12.5. The van der Waals surface area contributed by atoms with Gasteiger partial charge in [-0.15, -0.1) is 11.3 Å². The summed E-state index contributed by atoms with van der Waals surface area (Å²) in [5.74, 6) is -0.161. The SMILES string of the molecule is Cc1ccc(-c2cc(C(=O)N(C)[C@H](C)c3ccon3)n[nH]2)s1. The van der Waals surface area contributed by atoms with Crippen molar-refractivity contribution in [2.75, 3.05) is 7.05 Å². The molecule has 1 atom stereocenters. The molecule has 0 aliphatic heterocycles. The fraction of sp³-hybridized carbons (Fsp3) is 0.267. The number of thiophene rings is 1. The highest BCUT2D eigenvalue weighted by Crippen LogP contribution is 2.27. The van der Waals surface area contributed by atoms with E-state index in [2.05, 4.69) is 15.4 Å². The zero-order chi connectivity index (χ0) is 15.7. The van der Waals surface area contributed by atoms with Gasteiger partial charge in [-0.2, -0.15) is 5.10 Å². The number of aryl methyl sites for hydroxylation is 1. The van der Waals surface area contributed by atoms with Gasteiger partial charge >= 0.3 is 0 Å². The molecule has 3 aromatic heterocycles. The summed E-state index contributed by atoms with van der Waals surface area (Å²) in [6.07, 6.45) is 1.50. The monoisotopic (exact) mass is 316 g/mol. The first-order valence-electron chi connectivity index (χ1n) is 6.86. The summed E-state index contributed by atoms with van der Waals surface area (Å²) >= 11 is 1.66. The van der Waals surface area contributed by atoms with Crippen LogP contribution in [0, 0.1) is 6.92 Å². The molecule has 1 N–H and O–H groups in total. The van der Waals surface area contributed by atoms with Crippen LogP contribution in [0.5, 0.6) is 0 Å². The van der Waals surface area contributed by atoms with Crippen molar-refractivity contribution in [1.82, 2.24) is 20.3 Å². The lowest BCUT2D eigenvalue weighted by molar-refractivity contribution is 0.0731. The molecule has 0 saturated carbocycles. The highest BCUT2D eigenvalue weighted by molar-refractivity contribution is 7.15. The summed E-state index contributed by atoms with van der Waals surface area (Å²) in [5, 5.41) is 10.9. The van der Waals surface area contributed by atoms with E-state index in [0.717, 1.165) is 10.6 Å². The molecule has 3 aromatic rings. The van der Waals surface area contributed by atoms with Gasteiger partial charge in [0, 0.05) is 18.0 Å². The van der Waals surface area contributed by atoms with Crippen molar-refractivity contribution in [3.63, 3.8) is 0 Å². The number of amides is 1. The molecular weight excluding hydrogens is 300 g/mol. The second kappa shape index (κ2) is 5.76. The third kappa shape index (κ3) is 2.67. The van der Waals surface area contributed by atoms with E-state index in [1.165, 1.54) is 11.1 Å². The van der Waals surface area contributed by atoms with Crippen molar-refractivity contribution in [2.45, 2.75) is 19.9 Å². The van der Waals surface area contributed by atoms with Crippen LogP contribution in [0.3, 0.4) is 0 Å². The first-order chi connectivity index (χ1) is 10.6. The Hall–Kier alpha value is -2.41. The summed E-state index contributed by atoms with van der Waals surface area (Å²) in [6, 6.07) is 7.40. The van der Waals surface area contributed by atoms with Gasteiger partial charge in [0.15, 0.2) is 5.69 Å². The molecule has 0 aliphatic rings. The Labute approximate surface area is 131 Å². The molecule has 0 radical (unpaired) electrons. The van der Waals surface area contributed by atoms with E-state index in [-0.39, 0.29) is 11.9 Å². The van der Waals surface area contributed by atoms with Gasteiger partial charge in [0.2, 0.25) is 0 Å². The molecule has 0 aliphatic carbocycles. The quantitative estimate of drug-likeness (QED) is 0.801. The molecule has 0 saturated heterocycles. The zero-order valence-corrected chi connectivity index (χ0v) is 13.3. The van der Waals surface area contributed by atoms with Crippen LogP contribution in [0.15, 0.2) is 35.1 Å². The number of aromatic amines is 1. The van der Waals surface area contributed by atoms with Gasteiger partial charge in [-0.3, -0.25) is 9.89 Å². The van der Waals surface area contributed by atoms with Crippen molar-refractivity contribution in [3.8, 4) is 10.6 Å². The smallest absolute Gasteiger partial charge is 0.274 e. The number of aromatic nitrogens is 3. The van der Waals surface area contributed by atoms with Crippen molar-refractivity contribution >= 4 is 17.2 Å². The lowest BCUT2D eigenvalue weighted by Crippen LogP contribution is -2.30. The number of carbonyl (C=O) groups is 1. The molecule has 3 rings (SSSR count). The van der Waals surface area contributed by atoms with E-state index in [1.54, 1.807) is 35.4 Å². The van der Waals surface area contributed by atoms with Gasteiger partial charge in [-0.05, 0) is 32.0 Å². The molecule has 6 nitrogen and oxygen atoms in total. The third-order valence-corrected chi connectivity index (χ3v) is 4.62. The Kier molecular flexibility index (Phi) is 3.81. The van der Waals surface area contributed by atoms with E-state index < -0.39 is 0 Å². The molecule has 114 valence electrons. The van der Waals surface area contributed by atoms with Gasteiger partial charge < -0.3 is 9.42 Å². The Morgan fingerprint density at radius 1 is 1.41 bits per heavy atom. The van der Waals surface area contributed by atoms with Crippen LogP contribution in [0.1, 0.15) is 34.0 Å². The summed E-state index contributed by atoms with van der Waals surface area (Å²) < 4.78 is 4.83. The molecule has 3 heterocycles. The van der Waals surface area contributed by atoms with Crippen molar-refractivity contribution in [1.29, 1.82) is 0 Å². The van der Waals surface area contributed by atoms with Crippen LogP contribution in [-0.4, -0.2) is 33.2 Å². The van der Waals surface area contributed by atoms with Gasteiger partial charge in [-0.1, -0.05) is 5.16 Å². The molecule has 0 bridgehead atoms. The number of nitrogens with zero attached hydrogens (tertiary/aromatic N) is 3. The second-order valence-corrected chi connectivity index (χ2v) is 6.38. The summed E-state index contributed by atoms with van der Waals surface area (Å²) in [7, 11) is 1.73. The minimum Gasteiger partial charge on any atom is -0.364 e. The minimum atomic E-state index is -0.185. The van der Waals surface area contributed by atoms with Crippen LogP contribution in [-0.2, 0) is 0 Å². The molecule has 0 unspecified atom stereocenters. The fourth-order valence-corrected chi connectivity index (χ4v) is 2.96. The first-order valence-corrected chi connectivity index (χ1v) is 7.67. The van der Waals surface area contributed by atoms with E-state index >= 15 is 0 Å². The van der Waals surface area contributed by atoms with E-state index in [1.807, 2.05) is 26.0 Å². The predicted octanol–water partition coefficient (Wildman–Crippen LogP) is 3.27. The van der Waals surface area contributed by atoms with Gasteiger partial charge in [0.25, 0.3) is 5.91 Å². The molecule has 0 aromatic carbocycles. The Morgan fingerprint density at radius 3 is 2.86 bits per heavy atom. The standard InChI is InChI=1S/C15H16N4O2S/c1-9-4-5-14(22-9)12-8-13(17-16-12)15(20)19(3)10(2)11-6-7-21-18-11/h4-8,10H,1-3H3,(H,16,17)/t10-/m1/s1. The van der Waals surface area contributed by atoms with Crippen LogP contribution in [0.2, 0.25) is 0 Å². The number of carbonyl (C=O) groups excluding carboxylic acids is 1. The fourth-order valence-electron chi connectivity index (χ4n) is 2.13. The zero-order valence-electron chi connectivity index (χ0n) is 12.5. The highest BCUT2D eigenvalue weighted by atomic mass is 32.1. The molecule has 0 spiro atoms. The Balaban J connectivity index is 1.79.